The molecule has 108 valence electrons. The van der Waals surface area contributed by atoms with E-state index in [4.69, 9.17) is 0 Å². The predicted octanol–water partition coefficient (Wildman–Crippen LogP) is 2.69. The topological polar surface area (TPSA) is 42.2 Å². The minimum absolute atomic E-state index is 0.485. The zero-order valence-electron chi connectivity index (χ0n) is 12.6. The third kappa shape index (κ3) is 2.70. The summed E-state index contributed by atoms with van der Waals surface area (Å²) in [5.41, 5.74) is 1.41. The van der Waals surface area contributed by atoms with Gasteiger partial charge in [0.05, 0.1) is 0 Å². The average molecular weight is 272 g/mol. The van der Waals surface area contributed by atoms with Gasteiger partial charge in [-0.25, -0.2) is 0 Å². The standard InChI is InChI=1S/C16H24N4/c1-12-10-16(2,3)11-13(12)17-8-7-15-19-18-14-6-4-5-9-20(14)15/h4-6,9,12-13,17H,7-8,10-11H2,1-3H3. The Labute approximate surface area is 120 Å². The largest absolute Gasteiger partial charge is 0.313 e. The molecule has 2 aromatic heterocycles. The van der Waals surface area contributed by atoms with Crippen LogP contribution < -0.4 is 5.32 Å². The number of nitrogens with one attached hydrogen (secondary N) is 1. The van der Waals surface area contributed by atoms with Crippen molar-refractivity contribution >= 4 is 5.65 Å². The summed E-state index contributed by atoms with van der Waals surface area (Å²) in [6, 6.07) is 6.65. The highest BCUT2D eigenvalue weighted by Gasteiger charge is 2.36. The van der Waals surface area contributed by atoms with Crippen molar-refractivity contribution in [3.63, 3.8) is 0 Å². The number of pyridine rings is 1. The smallest absolute Gasteiger partial charge is 0.160 e. The Hall–Kier alpha value is -1.42. The van der Waals surface area contributed by atoms with Crippen molar-refractivity contribution in [3.05, 3.63) is 30.2 Å². The van der Waals surface area contributed by atoms with Crippen LogP contribution in [-0.4, -0.2) is 27.2 Å². The number of aromatic nitrogens is 3. The summed E-state index contributed by atoms with van der Waals surface area (Å²) >= 11 is 0. The number of hydrogen-bond acceptors (Lipinski definition) is 3. The lowest BCUT2D eigenvalue weighted by Crippen LogP contribution is -2.33. The second kappa shape index (κ2) is 5.17. The Morgan fingerprint density at radius 3 is 2.90 bits per heavy atom. The van der Waals surface area contributed by atoms with Gasteiger partial charge in [-0.2, -0.15) is 0 Å². The summed E-state index contributed by atoms with van der Waals surface area (Å²) in [6.07, 6.45) is 5.55. The lowest BCUT2D eigenvalue weighted by atomic mass is 9.91. The fourth-order valence-corrected chi connectivity index (χ4v) is 3.60. The van der Waals surface area contributed by atoms with E-state index in [1.54, 1.807) is 0 Å². The van der Waals surface area contributed by atoms with Crippen molar-refractivity contribution in [3.8, 4) is 0 Å². The molecule has 1 aliphatic rings. The van der Waals surface area contributed by atoms with E-state index in [0.29, 0.717) is 11.5 Å². The summed E-state index contributed by atoms with van der Waals surface area (Å²) in [5, 5.41) is 12.2. The maximum absolute atomic E-state index is 4.28. The second-order valence-electron chi connectivity index (χ2n) is 6.91. The molecule has 0 radical (unpaired) electrons. The summed E-state index contributed by atoms with van der Waals surface area (Å²) in [4.78, 5) is 0. The van der Waals surface area contributed by atoms with E-state index in [2.05, 4.69) is 40.7 Å². The molecule has 0 aliphatic heterocycles. The molecule has 2 unspecified atom stereocenters. The minimum Gasteiger partial charge on any atom is -0.313 e. The lowest BCUT2D eigenvalue weighted by Gasteiger charge is -2.18. The van der Waals surface area contributed by atoms with Crippen LogP contribution in [0, 0.1) is 11.3 Å². The molecule has 1 saturated carbocycles. The maximum Gasteiger partial charge on any atom is 0.160 e. The van der Waals surface area contributed by atoms with Crippen molar-refractivity contribution < 1.29 is 0 Å². The van der Waals surface area contributed by atoms with E-state index in [1.165, 1.54) is 12.8 Å². The molecule has 1 N–H and O–H groups in total. The molecule has 0 amide bonds. The molecule has 2 aromatic rings. The highest BCUT2D eigenvalue weighted by atomic mass is 15.2. The molecule has 3 rings (SSSR count). The number of hydrogen-bond donors (Lipinski definition) is 1. The molecule has 4 heteroatoms. The highest BCUT2D eigenvalue weighted by Crippen LogP contribution is 2.40. The Morgan fingerprint density at radius 2 is 2.15 bits per heavy atom. The molecular weight excluding hydrogens is 248 g/mol. The van der Waals surface area contributed by atoms with Crippen LogP contribution in [-0.2, 0) is 6.42 Å². The van der Waals surface area contributed by atoms with Gasteiger partial charge in [0.15, 0.2) is 5.65 Å². The van der Waals surface area contributed by atoms with E-state index in [1.807, 2.05) is 24.4 Å². The summed E-state index contributed by atoms with van der Waals surface area (Å²) in [7, 11) is 0. The van der Waals surface area contributed by atoms with Crippen LogP contribution in [0.15, 0.2) is 24.4 Å². The third-order valence-electron chi connectivity index (χ3n) is 4.47. The van der Waals surface area contributed by atoms with Crippen molar-refractivity contribution in [2.24, 2.45) is 11.3 Å². The van der Waals surface area contributed by atoms with E-state index in [0.717, 1.165) is 30.4 Å². The minimum atomic E-state index is 0.485. The zero-order chi connectivity index (χ0) is 14.2. The van der Waals surface area contributed by atoms with Gasteiger partial charge in [0.25, 0.3) is 0 Å². The van der Waals surface area contributed by atoms with Crippen LogP contribution in [0.2, 0.25) is 0 Å². The Morgan fingerprint density at radius 1 is 1.30 bits per heavy atom. The van der Waals surface area contributed by atoms with Crippen LogP contribution in [0.3, 0.4) is 0 Å². The maximum atomic E-state index is 4.28. The van der Waals surface area contributed by atoms with Crippen LogP contribution in [0.1, 0.15) is 39.4 Å². The molecule has 2 atom stereocenters. The van der Waals surface area contributed by atoms with Crippen LogP contribution in [0.25, 0.3) is 5.65 Å². The molecule has 1 aliphatic carbocycles. The van der Waals surface area contributed by atoms with Crippen LogP contribution in [0.5, 0.6) is 0 Å². The van der Waals surface area contributed by atoms with Gasteiger partial charge < -0.3 is 5.32 Å². The number of nitrogens with zero attached hydrogens (tertiary/aromatic N) is 3. The van der Waals surface area contributed by atoms with Crippen molar-refractivity contribution in [1.82, 2.24) is 19.9 Å². The van der Waals surface area contributed by atoms with Gasteiger partial charge in [-0.15, -0.1) is 10.2 Å². The Bertz CT molecular complexity index is 587. The SMILES string of the molecule is CC1CC(C)(C)CC1NCCc1nnc2ccccn12. The molecular formula is C16H24N4. The molecule has 1 fully saturated rings. The first-order valence-corrected chi connectivity index (χ1v) is 7.57. The summed E-state index contributed by atoms with van der Waals surface area (Å²) in [5.74, 6) is 1.80. The quantitative estimate of drug-likeness (QED) is 0.930. The number of rotatable bonds is 4. The molecule has 20 heavy (non-hydrogen) atoms. The van der Waals surface area contributed by atoms with Gasteiger partial charge in [-0.3, -0.25) is 4.40 Å². The predicted molar refractivity (Wildman–Crippen MR) is 80.7 cm³/mol. The van der Waals surface area contributed by atoms with E-state index >= 15 is 0 Å². The van der Waals surface area contributed by atoms with Crippen LogP contribution in [0.4, 0.5) is 0 Å². The van der Waals surface area contributed by atoms with E-state index < -0.39 is 0 Å². The van der Waals surface area contributed by atoms with Gasteiger partial charge in [0.2, 0.25) is 0 Å². The first-order chi connectivity index (χ1) is 9.55. The van der Waals surface area contributed by atoms with Crippen molar-refractivity contribution in [1.29, 1.82) is 0 Å². The summed E-state index contributed by atoms with van der Waals surface area (Å²) < 4.78 is 2.07. The van der Waals surface area contributed by atoms with Gasteiger partial charge in [-0.05, 0) is 36.3 Å². The monoisotopic (exact) mass is 272 g/mol. The van der Waals surface area contributed by atoms with Gasteiger partial charge >= 0.3 is 0 Å². The average Bonchev–Trinajstić information content (AvgIpc) is 2.91. The fourth-order valence-electron chi connectivity index (χ4n) is 3.60. The molecule has 0 aromatic carbocycles. The van der Waals surface area contributed by atoms with Gasteiger partial charge in [0, 0.05) is 25.2 Å². The van der Waals surface area contributed by atoms with Crippen LogP contribution >= 0.6 is 0 Å². The fraction of sp³-hybridized carbons (Fsp3) is 0.625. The van der Waals surface area contributed by atoms with Gasteiger partial charge in [0.1, 0.15) is 5.82 Å². The Kier molecular flexibility index (Phi) is 3.50. The molecule has 0 spiro atoms. The summed E-state index contributed by atoms with van der Waals surface area (Å²) in [6.45, 7) is 8.08. The number of fused-ring (bicyclic) bond motifs is 1. The molecule has 4 nitrogen and oxygen atoms in total. The highest BCUT2D eigenvalue weighted by molar-refractivity contribution is 5.36. The van der Waals surface area contributed by atoms with Crippen molar-refractivity contribution in [2.75, 3.05) is 6.54 Å². The van der Waals surface area contributed by atoms with E-state index in [-0.39, 0.29) is 0 Å². The first kappa shape index (κ1) is 13.6. The molecule has 2 heterocycles. The zero-order valence-corrected chi connectivity index (χ0v) is 12.6. The molecule has 0 saturated heterocycles. The first-order valence-electron chi connectivity index (χ1n) is 7.57. The third-order valence-corrected chi connectivity index (χ3v) is 4.47. The van der Waals surface area contributed by atoms with Gasteiger partial charge in [-0.1, -0.05) is 26.8 Å². The molecule has 0 bridgehead atoms. The second-order valence-corrected chi connectivity index (χ2v) is 6.91. The van der Waals surface area contributed by atoms with Crippen molar-refractivity contribution in [2.45, 2.75) is 46.1 Å². The lowest BCUT2D eigenvalue weighted by molar-refractivity contribution is 0.362. The normalized spacial score (nSPS) is 25.4. The van der Waals surface area contributed by atoms with E-state index in [9.17, 15) is 0 Å². The Balaban J connectivity index is 1.58.